The van der Waals surface area contributed by atoms with Gasteiger partial charge in [-0.15, -0.1) is 0 Å². The van der Waals surface area contributed by atoms with Crippen molar-refractivity contribution in [1.29, 1.82) is 0 Å². The minimum Gasteiger partial charge on any atom is -0.382 e. The lowest BCUT2D eigenvalue weighted by atomic mass is 10.1. The summed E-state index contributed by atoms with van der Waals surface area (Å²) in [5, 5.41) is 4.50. The molecule has 0 saturated carbocycles. The second kappa shape index (κ2) is 7.58. The summed E-state index contributed by atoms with van der Waals surface area (Å²) in [5.41, 5.74) is 9.96. The molecule has 5 rings (SSSR count). The normalized spacial score (nSPS) is 12.2. The topological polar surface area (TPSA) is 103 Å². The second-order valence-electron chi connectivity index (χ2n) is 7.33. The molecule has 3 aromatic carbocycles. The van der Waals surface area contributed by atoms with E-state index in [2.05, 4.69) is 15.1 Å². The molecule has 5 aromatic rings. The van der Waals surface area contributed by atoms with Crippen LogP contribution in [0.15, 0.2) is 93.8 Å². The number of aryl methyl sites for hydroxylation is 1. The molecule has 0 fully saturated rings. The van der Waals surface area contributed by atoms with Gasteiger partial charge >= 0.3 is 0 Å². The molecule has 0 unspecified atom stereocenters. The van der Waals surface area contributed by atoms with Gasteiger partial charge in [0.1, 0.15) is 16.2 Å². The molecule has 158 valence electrons. The standard InChI is InChI=1S/C24H19N5O2S/c1-16-9-5-6-10-17(16)15-26-29-23(25)22(32(30,31)18-11-3-2-4-12-18)21-24(29)28-20-14-8-7-13-19(20)27-21/h2-15H,25H2,1H3/b26-15+. The van der Waals surface area contributed by atoms with E-state index >= 15 is 0 Å². The van der Waals surface area contributed by atoms with Crippen molar-refractivity contribution in [2.75, 3.05) is 5.73 Å². The molecule has 0 atom stereocenters. The number of rotatable bonds is 4. The Kier molecular flexibility index (Phi) is 4.71. The lowest BCUT2D eigenvalue weighted by Gasteiger charge is -2.04. The number of sulfone groups is 1. The van der Waals surface area contributed by atoms with Gasteiger partial charge in [0.05, 0.1) is 22.1 Å². The van der Waals surface area contributed by atoms with Crippen molar-refractivity contribution in [3.63, 3.8) is 0 Å². The molecular formula is C24H19N5O2S. The Labute approximate surface area is 184 Å². The Balaban J connectivity index is 1.82. The zero-order valence-corrected chi connectivity index (χ0v) is 18.0. The number of para-hydroxylation sites is 2. The van der Waals surface area contributed by atoms with Crippen LogP contribution in [0.4, 0.5) is 5.82 Å². The van der Waals surface area contributed by atoms with Gasteiger partial charge in [-0.2, -0.15) is 9.78 Å². The van der Waals surface area contributed by atoms with E-state index in [0.29, 0.717) is 11.0 Å². The molecule has 7 nitrogen and oxygen atoms in total. The summed E-state index contributed by atoms with van der Waals surface area (Å²) >= 11 is 0. The Morgan fingerprint density at radius 3 is 2.22 bits per heavy atom. The minimum atomic E-state index is -3.96. The first kappa shape index (κ1) is 19.9. The smallest absolute Gasteiger partial charge is 0.212 e. The Morgan fingerprint density at radius 2 is 1.50 bits per heavy atom. The monoisotopic (exact) mass is 441 g/mol. The second-order valence-corrected chi connectivity index (χ2v) is 9.21. The van der Waals surface area contributed by atoms with Crippen LogP contribution in [-0.4, -0.2) is 29.3 Å². The highest BCUT2D eigenvalue weighted by Gasteiger charge is 2.30. The van der Waals surface area contributed by atoms with Crippen molar-refractivity contribution in [2.45, 2.75) is 16.7 Å². The van der Waals surface area contributed by atoms with Gasteiger partial charge in [0.25, 0.3) is 0 Å². The summed E-state index contributed by atoms with van der Waals surface area (Å²) in [6.45, 7) is 1.97. The van der Waals surface area contributed by atoms with Gasteiger partial charge in [-0.1, -0.05) is 54.6 Å². The molecule has 32 heavy (non-hydrogen) atoms. The lowest BCUT2D eigenvalue weighted by Crippen LogP contribution is -2.06. The highest BCUT2D eigenvalue weighted by molar-refractivity contribution is 7.92. The SMILES string of the molecule is Cc1ccccc1/C=N/n1c(N)c(S(=O)(=O)c2ccccc2)c2nc3ccccc3nc21. The third kappa shape index (κ3) is 3.21. The van der Waals surface area contributed by atoms with Crippen molar-refractivity contribution in [3.05, 3.63) is 90.0 Å². The maximum Gasteiger partial charge on any atom is 0.212 e. The summed E-state index contributed by atoms with van der Waals surface area (Å²) in [5.74, 6) is -0.0380. The van der Waals surface area contributed by atoms with Crippen LogP contribution in [0.25, 0.3) is 22.2 Å². The van der Waals surface area contributed by atoms with Crippen molar-refractivity contribution in [2.24, 2.45) is 5.10 Å². The van der Waals surface area contributed by atoms with Crippen molar-refractivity contribution in [1.82, 2.24) is 14.6 Å². The summed E-state index contributed by atoms with van der Waals surface area (Å²) in [7, 11) is -3.96. The average Bonchev–Trinajstić information content (AvgIpc) is 3.08. The molecule has 0 aliphatic rings. The number of fused-ring (bicyclic) bond motifs is 2. The van der Waals surface area contributed by atoms with Crippen LogP contribution >= 0.6 is 0 Å². The lowest BCUT2D eigenvalue weighted by molar-refractivity contribution is 0.597. The highest BCUT2D eigenvalue weighted by atomic mass is 32.2. The molecule has 0 spiro atoms. The third-order valence-electron chi connectivity index (χ3n) is 5.25. The maximum absolute atomic E-state index is 13.5. The van der Waals surface area contributed by atoms with Crippen LogP contribution in [0, 0.1) is 6.92 Å². The quantitative estimate of drug-likeness (QED) is 0.421. The molecular weight excluding hydrogens is 422 g/mol. The van der Waals surface area contributed by atoms with Crippen LogP contribution in [0.2, 0.25) is 0 Å². The number of nitrogens with two attached hydrogens (primary N) is 1. The van der Waals surface area contributed by atoms with Gasteiger partial charge in [0, 0.05) is 0 Å². The Bertz CT molecular complexity index is 1610. The van der Waals surface area contributed by atoms with E-state index in [1.807, 2.05) is 49.4 Å². The zero-order chi connectivity index (χ0) is 22.3. The van der Waals surface area contributed by atoms with E-state index in [1.165, 1.54) is 16.8 Å². The minimum absolute atomic E-state index is 0.0380. The van der Waals surface area contributed by atoms with Gasteiger partial charge in [-0.25, -0.2) is 18.4 Å². The van der Waals surface area contributed by atoms with Crippen LogP contribution in [0.5, 0.6) is 0 Å². The van der Waals surface area contributed by atoms with Crippen molar-refractivity contribution in [3.8, 4) is 0 Å². The third-order valence-corrected chi connectivity index (χ3v) is 7.08. The molecule has 0 aliphatic heterocycles. The predicted octanol–water partition coefficient (Wildman–Crippen LogP) is 4.19. The average molecular weight is 442 g/mol. The highest BCUT2D eigenvalue weighted by Crippen LogP contribution is 2.35. The van der Waals surface area contributed by atoms with E-state index in [9.17, 15) is 8.42 Å². The summed E-state index contributed by atoms with van der Waals surface area (Å²) in [6.07, 6.45) is 1.64. The fourth-order valence-electron chi connectivity index (χ4n) is 3.57. The van der Waals surface area contributed by atoms with Gasteiger partial charge in [0.15, 0.2) is 5.65 Å². The molecule has 2 N–H and O–H groups in total. The van der Waals surface area contributed by atoms with Crippen LogP contribution in [0.3, 0.4) is 0 Å². The number of aromatic nitrogens is 3. The first-order valence-corrected chi connectivity index (χ1v) is 11.4. The molecule has 8 heteroatoms. The van der Waals surface area contributed by atoms with Crippen LogP contribution in [-0.2, 0) is 9.84 Å². The molecule has 0 amide bonds. The molecule has 0 radical (unpaired) electrons. The maximum atomic E-state index is 13.5. The molecule has 0 bridgehead atoms. The van der Waals surface area contributed by atoms with Crippen LogP contribution in [0.1, 0.15) is 11.1 Å². The molecule has 2 aromatic heterocycles. The fraction of sp³-hybridized carbons (Fsp3) is 0.0417. The number of anilines is 1. The van der Waals surface area contributed by atoms with Gasteiger partial charge in [-0.05, 0) is 42.3 Å². The summed E-state index contributed by atoms with van der Waals surface area (Å²) in [4.78, 5) is 9.28. The number of nitrogen functional groups attached to an aromatic ring is 1. The Morgan fingerprint density at radius 1 is 0.875 bits per heavy atom. The summed E-state index contributed by atoms with van der Waals surface area (Å²) < 4.78 is 28.4. The number of benzene rings is 3. The largest absolute Gasteiger partial charge is 0.382 e. The van der Waals surface area contributed by atoms with Crippen LogP contribution < -0.4 is 5.73 Å². The van der Waals surface area contributed by atoms with E-state index in [0.717, 1.165) is 11.1 Å². The Hall–Kier alpha value is -4.04. The molecule has 0 aliphatic carbocycles. The number of hydrogen-bond donors (Lipinski definition) is 1. The first-order valence-electron chi connectivity index (χ1n) is 9.93. The zero-order valence-electron chi connectivity index (χ0n) is 17.2. The van der Waals surface area contributed by atoms with E-state index in [-0.39, 0.29) is 26.8 Å². The molecule has 0 saturated heterocycles. The van der Waals surface area contributed by atoms with E-state index < -0.39 is 9.84 Å². The van der Waals surface area contributed by atoms with E-state index in [4.69, 9.17) is 5.73 Å². The number of nitrogens with zero attached hydrogens (tertiary/aromatic N) is 4. The van der Waals surface area contributed by atoms with Crippen molar-refractivity contribution < 1.29 is 8.42 Å². The van der Waals surface area contributed by atoms with Gasteiger partial charge < -0.3 is 5.73 Å². The first-order chi connectivity index (χ1) is 15.5. The fourth-order valence-corrected chi connectivity index (χ4v) is 5.08. The summed E-state index contributed by atoms with van der Waals surface area (Å²) in [6, 6.07) is 23.1. The predicted molar refractivity (Wildman–Crippen MR) is 126 cm³/mol. The van der Waals surface area contributed by atoms with E-state index in [1.54, 1.807) is 30.5 Å². The van der Waals surface area contributed by atoms with Gasteiger partial charge in [-0.3, -0.25) is 0 Å². The van der Waals surface area contributed by atoms with Crippen molar-refractivity contribution >= 4 is 44.1 Å². The number of hydrogen-bond acceptors (Lipinski definition) is 6. The van der Waals surface area contributed by atoms with Gasteiger partial charge in [0.2, 0.25) is 9.84 Å². The molecule has 2 heterocycles.